The van der Waals surface area contributed by atoms with Gasteiger partial charge in [0, 0.05) is 36.2 Å². The molecule has 0 aliphatic rings. The Bertz CT molecular complexity index is 1070. The van der Waals surface area contributed by atoms with Crippen molar-refractivity contribution in [2.75, 3.05) is 6.54 Å². The van der Waals surface area contributed by atoms with Crippen molar-refractivity contribution < 1.29 is 9.72 Å². The highest BCUT2D eigenvalue weighted by Crippen LogP contribution is 2.14. The number of amides is 1. The van der Waals surface area contributed by atoms with Gasteiger partial charge in [-0.3, -0.25) is 19.7 Å². The summed E-state index contributed by atoms with van der Waals surface area (Å²) < 4.78 is 0. The fourth-order valence-electron chi connectivity index (χ4n) is 3.01. The monoisotopic (exact) mass is 379 g/mol. The Balaban J connectivity index is 1.51. The van der Waals surface area contributed by atoms with Crippen LogP contribution < -0.4 is 10.9 Å². The highest BCUT2D eigenvalue weighted by molar-refractivity contribution is 5.80. The van der Waals surface area contributed by atoms with Crippen LogP contribution in [0.3, 0.4) is 0 Å². The molecule has 144 valence electrons. The third kappa shape index (κ3) is 4.82. The minimum atomic E-state index is -0.443. The average molecular weight is 379 g/mol. The molecular formula is C21H21N3O4. The Labute approximate surface area is 161 Å². The lowest BCUT2D eigenvalue weighted by Crippen LogP contribution is -2.26. The quantitative estimate of drug-likeness (QED) is 0.486. The third-order valence-electron chi connectivity index (χ3n) is 4.58. The predicted molar refractivity (Wildman–Crippen MR) is 107 cm³/mol. The minimum absolute atomic E-state index is 0.0450. The van der Waals surface area contributed by atoms with Crippen LogP contribution in [0.5, 0.6) is 0 Å². The number of fused-ring (bicyclic) bond motifs is 1. The molecule has 2 N–H and O–H groups in total. The summed E-state index contributed by atoms with van der Waals surface area (Å²) >= 11 is 0. The van der Waals surface area contributed by atoms with Gasteiger partial charge >= 0.3 is 0 Å². The van der Waals surface area contributed by atoms with Crippen molar-refractivity contribution >= 4 is 22.5 Å². The molecule has 0 aliphatic carbocycles. The van der Waals surface area contributed by atoms with E-state index >= 15 is 0 Å². The maximum Gasteiger partial charge on any atom is 0.269 e. The van der Waals surface area contributed by atoms with Crippen LogP contribution in [0.15, 0.2) is 53.3 Å². The molecule has 0 aliphatic heterocycles. The number of aryl methyl sites for hydroxylation is 2. The van der Waals surface area contributed by atoms with Gasteiger partial charge in [-0.1, -0.05) is 24.3 Å². The Morgan fingerprint density at radius 3 is 2.57 bits per heavy atom. The Hall–Kier alpha value is -3.48. The van der Waals surface area contributed by atoms with Gasteiger partial charge in [0.1, 0.15) is 0 Å². The molecule has 1 aromatic heterocycles. The van der Waals surface area contributed by atoms with Crippen molar-refractivity contribution in [3.8, 4) is 0 Å². The molecule has 0 spiro atoms. The van der Waals surface area contributed by atoms with E-state index in [0.29, 0.717) is 24.9 Å². The normalized spacial score (nSPS) is 10.8. The number of hydrogen-bond donors (Lipinski definition) is 2. The molecule has 0 unspecified atom stereocenters. The van der Waals surface area contributed by atoms with Gasteiger partial charge in [-0.2, -0.15) is 0 Å². The van der Waals surface area contributed by atoms with Crippen LogP contribution in [-0.4, -0.2) is 22.4 Å². The number of carbonyl (C=O) groups is 1. The molecule has 0 radical (unpaired) electrons. The van der Waals surface area contributed by atoms with Gasteiger partial charge in [-0.25, -0.2) is 0 Å². The molecule has 2 aromatic carbocycles. The van der Waals surface area contributed by atoms with Gasteiger partial charge in [0.2, 0.25) is 5.91 Å². The summed E-state index contributed by atoms with van der Waals surface area (Å²) in [6.07, 6.45) is 1.17. The zero-order valence-electron chi connectivity index (χ0n) is 15.5. The van der Waals surface area contributed by atoms with Crippen LogP contribution in [0.4, 0.5) is 5.69 Å². The standard InChI is InChI=1S/C21H21N3O4/c1-14-2-5-16-13-17(21(26)23-19(16)12-14)6-9-20(25)22-11-10-15-3-7-18(8-4-15)24(27)28/h2-5,7-8,12-13H,6,9-11H2,1H3,(H,22,25)(H,23,26). The third-order valence-corrected chi connectivity index (χ3v) is 4.58. The summed E-state index contributed by atoms with van der Waals surface area (Å²) in [5.41, 5.74) is 3.24. The molecule has 0 saturated carbocycles. The second kappa shape index (κ2) is 8.47. The van der Waals surface area contributed by atoms with E-state index in [-0.39, 0.29) is 23.6 Å². The van der Waals surface area contributed by atoms with Crippen molar-refractivity contribution in [3.05, 3.63) is 85.7 Å². The van der Waals surface area contributed by atoms with Crippen LogP contribution in [-0.2, 0) is 17.6 Å². The average Bonchev–Trinajstić information content (AvgIpc) is 2.66. The first-order valence-corrected chi connectivity index (χ1v) is 9.05. The minimum Gasteiger partial charge on any atom is -0.356 e. The van der Waals surface area contributed by atoms with Crippen molar-refractivity contribution in [1.82, 2.24) is 10.3 Å². The summed E-state index contributed by atoms with van der Waals surface area (Å²) in [6, 6.07) is 13.9. The van der Waals surface area contributed by atoms with Crippen LogP contribution in [0.2, 0.25) is 0 Å². The molecule has 0 fully saturated rings. The number of nitrogens with one attached hydrogen (secondary N) is 2. The SMILES string of the molecule is Cc1ccc2cc(CCC(=O)NCCc3ccc([N+](=O)[O-])cc3)c(=O)[nH]c2c1. The number of hydrogen-bond acceptors (Lipinski definition) is 4. The van der Waals surface area contributed by atoms with E-state index in [1.54, 1.807) is 12.1 Å². The van der Waals surface area contributed by atoms with Gasteiger partial charge in [-0.05, 0) is 48.4 Å². The number of benzene rings is 2. The number of nitro groups is 1. The predicted octanol–water partition coefficient (Wildman–Crippen LogP) is 3.04. The first-order chi connectivity index (χ1) is 13.4. The van der Waals surface area contributed by atoms with Crippen molar-refractivity contribution in [2.24, 2.45) is 0 Å². The van der Waals surface area contributed by atoms with E-state index in [1.807, 2.05) is 31.2 Å². The van der Waals surface area contributed by atoms with Crippen molar-refractivity contribution in [1.29, 1.82) is 0 Å². The van der Waals surface area contributed by atoms with Gasteiger partial charge in [0.25, 0.3) is 11.2 Å². The molecule has 0 atom stereocenters. The van der Waals surface area contributed by atoms with E-state index in [2.05, 4.69) is 10.3 Å². The van der Waals surface area contributed by atoms with E-state index in [1.165, 1.54) is 12.1 Å². The highest BCUT2D eigenvalue weighted by atomic mass is 16.6. The van der Waals surface area contributed by atoms with Gasteiger partial charge in [0.05, 0.1) is 4.92 Å². The van der Waals surface area contributed by atoms with E-state index in [4.69, 9.17) is 0 Å². The van der Waals surface area contributed by atoms with Gasteiger partial charge in [0.15, 0.2) is 0 Å². The molecule has 3 aromatic rings. The molecule has 0 saturated heterocycles. The van der Waals surface area contributed by atoms with E-state index in [9.17, 15) is 19.7 Å². The van der Waals surface area contributed by atoms with Crippen molar-refractivity contribution in [3.63, 3.8) is 0 Å². The fraction of sp³-hybridized carbons (Fsp3) is 0.238. The second-order valence-electron chi connectivity index (χ2n) is 6.74. The van der Waals surface area contributed by atoms with Gasteiger partial charge < -0.3 is 10.3 Å². The number of rotatable bonds is 7. The molecule has 1 amide bonds. The lowest BCUT2D eigenvalue weighted by atomic mass is 10.1. The summed E-state index contributed by atoms with van der Waals surface area (Å²) in [5, 5.41) is 14.4. The largest absolute Gasteiger partial charge is 0.356 e. The van der Waals surface area contributed by atoms with Gasteiger partial charge in [-0.15, -0.1) is 0 Å². The molecular weight excluding hydrogens is 358 g/mol. The lowest BCUT2D eigenvalue weighted by molar-refractivity contribution is -0.384. The number of non-ortho nitro benzene ring substituents is 1. The number of carbonyl (C=O) groups excluding carboxylic acids is 1. The second-order valence-corrected chi connectivity index (χ2v) is 6.74. The lowest BCUT2D eigenvalue weighted by Gasteiger charge is -2.06. The maximum absolute atomic E-state index is 12.2. The summed E-state index contributed by atoms with van der Waals surface area (Å²) in [5.74, 6) is -0.134. The Kier molecular flexibility index (Phi) is 5.84. The van der Waals surface area contributed by atoms with Crippen LogP contribution in [0, 0.1) is 17.0 Å². The van der Waals surface area contributed by atoms with Crippen LogP contribution >= 0.6 is 0 Å². The number of pyridine rings is 1. The fourth-order valence-corrected chi connectivity index (χ4v) is 3.01. The molecule has 3 rings (SSSR count). The first kappa shape index (κ1) is 19.3. The Morgan fingerprint density at radius 1 is 1.11 bits per heavy atom. The van der Waals surface area contributed by atoms with E-state index in [0.717, 1.165) is 22.0 Å². The summed E-state index contributed by atoms with van der Waals surface area (Å²) in [4.78, 5) is 37.3. The zero-order valence-corrected chi connectivity index (χ0v) is 15.5. The molecule has 1 heterocycles. The number of H-pyrrole nitrogens is 1. The highest BCUT2D eigenvalue weighted by Gasteiger charge is 2.08. The van der Waals surface area contributed by atoms with Crippen molar-refractivity contribution in [2.45, 2.75) is 26.2 Å². The number of nitro benzene ring substituents is 1. The smallest absolute Gasteiger partial charge is 0.269 e. The number of aromatic nitrogens is 1. The topological polar surface area (TPSA) is 105 Å². The Morgan fingerprint density at radius 2 is 1.86 bits per heavy atom. The summed E-state index contributed by atoms with van der Waals surface area (Å²) in [7, 11) is 0. The van der Waals surface area contributed by atoms with Crippen LogP contribution in [0.1, 0.15) is 23.1 Å². The maximum atomic E-state index is 12.2. The van der Waals surface area contributed by atoms with E-state index < -0.39 is 4.92 Å². The molecule has 28 heavy (non-hydrogen) atoms. The first-order valence-electron chi connectivity index (χ1n) is 9.05. The number of aromatic amines is 1. The van der Waals surface area contributed by atoms with Crippen LogP contribution in [0.25, 0.3) is 10.9 Å². The summed E-state index contributed by atoms with van der Waals surface area (Å²) in [6.45, 7) is 2.40. The zero-order chi connectivity index (χ0) is 20.1. The molecule has 7 nitrogen and oxygen atoms in total. The molecule has 7 heteroatoms. The number of nitrogens with zero attached hydrogens (tertiary/aromatic N) is 1. The molecule has 0 bridgehead atoms.